The smallest absolute Gasteiger partial charge is 0.166 e. The average Bonchev–Trinajstić information content (AvgIpc) is 2.98. The van der Waals surface area contributed by atoms with Gasteiger partial charge in [-0.05, 0) is 104 Å². The van der Waals surface area contributed by atoms with E-state index in [1.54, 1.807) is 48.5 Å². The molecule has 0 aliphatic heterocycles. The van der Waals surface area contributed by atoms with Gasteiger partial charge in [-0.15, -0.1) is 6.58 Å². The van der Waals surface area contributed by atoms with Crippen LogP contribution in [0.1, 0.15) is 69.4 Å². The van der Waals surface area contributed by atoms with Gasteiger partial charge in [0.2, 0.25) is 0 Å². The Hall–Kier alpha value is -3.47. The fourth-order valence-corrected chi connectivity index (χ4v) is 5.07. The minimum atomic E-state index is -0.807. The Morgan fingerprint density at radius 2 is 1.68 bits per heavy atom. The van der Waals surface area contributed by atoms with E-state index >= 15 is 4.39 Å². The first-order chi connectivity index (χ1) is 19.5. The van der Waals surface area contributed by atoms with Gasteiger partial charge in [-0.1, -0.05) is 55.8 Å². The summed E-state index contributed by atoms with van der Waals surface area (Å²) in [4.78, 5) is 0. The van der Waals surface area contributed by atoms with Crippen LogP contribution in [0.3, 0.4) is 0 Å². The molecule has 2 nitrogen and oxygen atoms in total. The second-order valence-electron chi connectivity index (χ2n) is 10.5. The Morgan fingerprint density at radius 1 is 0.900 bits per heavy atom. The van der Waals surface area contributed by atoms with Crippen LogP contribution in [-0.4, -0.2) is 13.2 Å². The maximum atomic E-state index is 15.0. The molecule has 4 rings (SSSR count). The van der Waals surface area contributed by atoms with E-state index in [-0.39, 0.29) is 17.1 Å². The molecule has 0 aromatic heterocycles. The molecule has 0 radical (unpaired) electrons. The molecule has 212 valence electrons. The first-order valence-corrected chi connectivity index (χ1v) is 14.4. The van der Waals surface area contributed by atoms with Gasteiger partial charge in [0.1, 0.15) is 5.75 Å². The number of allylic oxidation sites excluding steroid dienone is 3. The molecule has 0 saturated heterocycles. The summed E-state index contributed by atoms with van der Waals surface area (Å²) < 4.78 is 55.7. The van der Waals surface area contributed by atoms with Crippen molar-refractivity contribution >= 4 is 5.57 Å². The van der Waals surface area contributed by atoms with Gasteiger partial charge in [0, 0.05) is 5.56 Å². The monoisotopic (exact) mass is 548 g/mol. The molecule has 3 aromatic carbocycles. The van der Waals surface area contributed by atoms with Crippen LogP contribution < -0.4 is 9.47 Å². The van der Waals surface area contributed by atoms with E-state index in [2.05, 4.69) is 19.6 Å². The lowest BCUT2D eigenvalue weighted by Crippen LogP contribution is -2.08. The Bertz CT molecular complexity index is 1300. The minimum Gasteiger partial charge on any atom is -0.494 e. The van der Waals surface area contributed by atoms with Crippen LogP contribution >= 0.6 is 0 Å². The van der Waals surface area contributed by atoms with E-state index in [1.165, 1.54) is 0 Å². The molecular weight excluding hydrogens is 509 g/mol. The summed E-state index contributed by atoms with van der Waals surface area (Å²) in [6.45, 7) is 6.88. The number of hydrogen-bond donors (Lipinski definition) is 0. The zero-order valence-electron chi connectivity index (χ0n) is 23.4. The van der Waals surface area contributed by atoms with Crippen molar-refractivity contribution in [1.29, 1.82) is 0 Å². The van der Waals surface area contributed by atoms with Crippen LogP contribution in [0.5, 0.6) is 11.5 Å². The molecule has 0 heterocycles. The predicted octanol–water partition coefficient (Wildman–Crippen LogP) is 10.1. The zero-order chi connectivity index (χ0) is 28.3. The lowest BCUT2D eigenvalue weighted by atomic mass is 9.83. The van der Waals surface area contributed by atoms with Gasteiger partial charge in [0.15, 0.2) is 23.2 Å². The SMILES string of the molecule is C=CCCCOc1ccc(C2=CCC(CCc3ccc(-c4ccc(OCCCC)cc4)c(F)c3F)CC2)cc1F. The molecule has 0 N–H and O–H groups in total. The highest BCUT2D eigenvalue weighted by Gasteiger charge is 2.19. The summed E-state index contributed by atoms with van der Waals surface area (Å²) in [6, 6.07) is 15.6. The molecule has 0 fully saturated rings. The van der Waals surface area contributed by atoms with E-state index in [0.717, 1.165) is 68.3 Å². The zero-order valence-corrected chi connectivity index (χ0v) is 23.4. The highest BCUT2D eigenvalue weighted by Crippen LogP contribution is 2.35. The van der Waals surface area contributed by atoms with Crippen LogP contribution in [0.2, 0.25) is 0 Å². The highest BCUT2D eigenvalue weighted by molar-refractivity contribution is 5.67. The molecule has 5 heteroatoms. The molecule has 40 heavy (non-hydrogen) atoms. The Kier molecular flexibility index (Phi) is 10.9. The van der Waals surface area contributed by atoms with Gasteiger partial charge in [-0.3, -0.25) is 0 Å². The van der Waals surface area contributed by atoms with Gasteiger partial charge in [-0.2, -0.15) is 0 Å². The predicted molar refractivity (Wildman–Crippen MR) is 157 cm³/mol. The summed E-state index contributed by atoms with van der Waals surface area (Å²) >= 11 is 0. The van der Waals surface area contributed by atoms with Crippen molar-refractivity contribution in [3.05, 3.63) is 102 Å². The van der Waals surface area contributed by atoms with Crippen molar-refractivity contribution in [2.24, 2.45) is 5.92 Å². The summed E-state index contributed by atoms with van der Waals surface area (Å²) in [6.07, 6.45) is 11.5. The second-order valence-corrected chi connectivity index (χ2v) is 10.5. The lowest BCUT2D eigenvalue weighted by molar-refractivity contribution is 0.296. The fraction of sp³-hybridized carbons (Fsp3) is 0.371. The third kappa shape index (κ3) is 7.80. The van der Waals surface area contributed by atoms with Crippen LogP contribution in [-0.2, 0) is 6.42 Å². The molecule has 1 aliphatic carbocycles. The van der Waals surface area contributed by atoms with Crippen molar-refractivity contribution in [2.75, 3.05) is 13.2 Å². The molecule has 1 unspecified atom stereocenters. The van der Waals surface area contributed by atoms with Crippen molar-refractivity contribution in [3.8, 4) is 22.6 Å². The Labute approximate surface area is 236 Å². The second kappa shape index (κ2) is 14.8. The number of halogens is 3. The van der Waals surface area contributed by atoms with Crippen LogP contribution in [0, 0.1) is 23.4 Å². The average molecular weight is 549 g/mol. The molecule has 0 saturated carbocycles. The number of ether oxygens (including phenoxy) is 2. The van der Waals surface area contributed by atoms with E-state index in [4.69, 9.17) is 9.47 Å². The van der Waals surface area contributed by atoms with E-state index < -0.39 is 11.6 Å². The topological polar surface area (TPSA) is 18.5 Å². The highest BCUT2D eigenvalue weighted by atomic mass is 19.2. The Balaban J connectivity index is 1.31. The maximum Gasteiger partial charge on any atom is 0.166 e. The van der Waals surface area contributed by atoms with E-state index in [1.807, 2.05) is 12.1 Å². The summed E-state index contributed by atoms with van der Waals surface area (Å²) in [5, 5.41) is 0. The van der Waals surface area contributed by atoms with Gasteiger partial charge < -0.3 is 9.47 Å². The summed E-state index contributed by atoms with van der Waals surface area (Å²) in [5.41, 5.74) is 3.28. The standard InChI is InChI=1S/C35H39F3O2/c1-3-5-7-23-40-33-21-17-29(24-32(33)36)26-11-8-25(9-12-26)10-13-28-16-20-31(35(38)34(28)37)27-14-18-30(19-15-27)39-22-6-4-2/h3,11,14-21,24-25H,1,4-10,12-13,22-23H2,2H3. The van der Waals surface area contributed by atoms with Gasteiger partial charge >= 0.3 is 0 Å². The van der Waals surface area contributed by atoms with Gasteiger partial charge in [0.25, 0.3) is 0 Å². The third-order valence-corrected chi connectivity index (χ3v) is 7.55. The lowest BCUT2D eigenvalue weighted by Gasteiger charge is -2.22. The molecular formula is C35H39F3O2. The van der Waals surface area contributed by atoms with Crippen molar-refractivity contribution < 1.29 is 22.6 Å². The van der Waals surface area contributed by atoms with E-state index in [9.17, 15) is 8.78 Å². The quantitative estimate of drug-likeness (QED) is 0.147. The first kappa shape index (κ1) is 29.5. The third-order valence-electron chi connectivity index (χ3n) is 7.55. The molecule has 1 atom stereocenters. The summed E-state index contributed by atoms with van der Waals surface area (Å²) in [5.74, 6) is -0.547. The van der Waals surface area contributed by atoms with Crippen molar-refractivity contribution in [3.63, 3.8) is 0 Å². The normalized spacial score (nSPS) is 15.0. The molecule has 1 aliphatic rings. The molecule has 3 aromatic rings. The van der Waals surface area contributed by atoms with E-state index in [0.29, 0.717) is 36.7 Å². The van der Waals surface area contributed by atoms with Crippen LogP contribution in [0.4, 0.5) is 13.2 Å². The minimum absolute atomic E-state index is 0.256. The van der Waals surface area contributed by atoms with Gasteiger partial charge in [-0.25, -0.2) is 13.2 Å². The van der Waals surface area contributed by atoms with Crippen molar-refractivity contribution in [2.45, 2.75) is 64.7 Å². The number of rotatable bonds is 14. The van der Waals surface area contributed by atoms with Crippen LogP contribution in [0.15, 0.2) is 73.3 Å². The maximum absolute atomic E-state index is 15.0. The molecule has 0 amide bonds. The molecule has 0 spiro atoms. The number of benzene rings is 3. The van der Waals surface area contributed by atoms with Crippen molar-refractivity contribution in [1.82, 2.24) is 0 Å². The largest absolute Gasteiger partial charge is 0.494 e. The number of aryl methyl sites for hydroxylation is 1. The number of unbranched alkanes of at least 4 members (excludes halogenated alkanes) is 2. The molecule has 0 bridgehead atoms. The number of hydrogen-bond acceptors (Lipinski definition) is 2. The van der Waals surface area contributed by atoms with Crippen LogP contribution in [0.25, 0.3) is 16.7 Å². The Morgan fingerprint density at radius 3 is 2.38 bits per heavy atom. The summed E-state index contributed by atoms with van der Waals surface area (Å²) in [7, 11) is 0. The fourth-order valence-electron chi connectivity index (χ4n) is 5.07. The first-order valence-electron chi connectivity index (χ1n) is 14.4. The van der Waals surface area contributed by atoms with Gasteiger partial charge in [0.05, 0.1) is 13.2 Å².